The van der Waals surface area contributed by atoms with E-state index < -0.39 is 0 Å². The molecule has 3 nitrogen and oxygen atoms in total. The molecule has 0 atom stereocenters. The van der Waals surface area contributed by atoms with Gasteiger partial charge in [-0.2, -0.15) is 0 Å². The first kappa shape index (κ1) is 8.46. The number of H-pyrrole nitrogens is 1. The Morgan fingerprint density at radius 2 is 2.27 bits per heavy atom. The SMILES string of the molecule is CCc1nc(C)[nH]c(=O)c1Br. The maximum absolute atomic E-state index is 11.1. The van der Waals surface area contributed by atoms with Gasteiger partial charge >= 0.3 is 0 Å². The van der Waals surface area contributed by atoms with Crippen LogP contribution in [0.25, 0.3) is 0 Å². The van der Waals surface area contributed by atoms with E-state index in [1.165, 1.54) is 0 Å². The Kier molecular flexibility index (Phi) is 2.44. The van der Waals surface area contributed by atoms with E-state index in [-0.39, 0.29) is 5.56 Å². The van der Waals surface area contributed by atoms with E-state index in [0.29, 0.717) is 10.3 Å². The van der Waals surface area contributed by atoms with E-state index in [4.69, 9.17) is 0 Å². The second-order valence-corrected chi connectivity index (χ2v) is 3.06. The minimum absolute atomic E-state index is 0.102. The molecule has 1 N–H and O–H groups in total. The van der Waals surface area contributed by atoms with Crippen LogP contribution < -0.4 is 5.56 Å². The monoisotopic (exact) mass is 216 g/mol. The van der Waals surface area contributed by atoms with Crippen LogP contribution in [0.15, 0.2) is 9.27 Å². The van der Waals surface area contributed by atoms with Gasteiger partial charge in [0.05, 0.1) is 5.69 Å². The predicted octanol–water partition coefficient (Wildman–Crippen LogP) is 1.40. The van der Waals surface area contributed by atoms with Gasteiger partial charge in [-0.15, -0.1) is 0 Å². The van der Waals surface area contributed by atoms with Crippen molar-refractivity contribution < 1.29 is 0 Å². The van der Waals surface area contributed by atoms with E-state index >= 15 is 0 Å². The number of rotatable bonds is 1. The minimum Gasteiger partial charge on any atom is -0.310 e. The second-order valence-electron chi connectivity index (χ2n) is 2.27. The number of nitrogens with one attached hydrogen (secondary N) is 1. The zero-order chi connectivity index (χ0) is 8.43. The average molecular weight is 217 g/mol. The lowest BCUT2D eigenvalue weighted by Gasteiger charge is -1.99. The van der Waals surface area contributed by atoms with Crippen LogP contribution in [0.2, 0.25) is 0 Å². The molecule has 0 fully saturated rings. The molecule has 0 amide bonds. The summed E-state index contributed by atoms with van der Waals surface area (Å²) >= 11 is 3.17. The standard InChI is InChI=1S/C7H9BrN2O/c1-3-5-6(8)7(11)10-4(2)9-5/h3H2,1-2H3,(H,9,10,11). The van der Waals surface area contributed by atoms with Gasteiger partial charge in [-0.3, -0.25) is 4.79 Å². The van der Waals surface area contributed by atoms with Crippen molar-refractivity contribution in [3.8, 4) is 0 Å². The molecule has 0 spiro atoms. The predicted molar refractivity (Wildman–Crippen MR) is 46.7 cm³/mol. The molecule has 11 heavy (non-hydrogen) atoms. The van der Waals surface area contributed by atoms with E-state index in [2.05, 4.69) is 25.9 Å². The van der Waals surface area contributed by atoms with E-state index in [9.17, 15) is 4.79 Å². The first-order valence-electron chi connectivity index (χ1n) is 3.40. The molecule has 0 aliphatic rings. The number of nitrogens with zero attached hydrogens (tertiary/aromatic N) is 1. The smallest absolute Gasteiger partial charge is 0.265 e. The number of hydrogen-bond acceptors (Lipinski definition) is 2. The third-order valence-electron chi connectivity index (χ3n) is 1.38. The Labute approximate surface area is 73.0 Å². The van der Waals surface area contributed by atoms with Crippen molar-refractivity contribution in [3.63, 3.8) is 0 Å². The lowest BCUT2D eigenvalue weighted by Crippen LogP contribution is -2.13. The number of aromatic amines is 1. The van der Waals surface area contributed by atoms with Crippen LogP contribution in [0.4, 0.5) is 0 Å². The Balaban J connectivity index is 3.36. The van der Waals surface area contributed by atoms with Crippen LogP contribution in [-0.4, -0.2) is 9.97 Å². The van der Waals surface area contributed by atoms with Crippen LogP contribution in [0.1, 0.15) is 18.4 Å². The highest BCUT2D eigenvalue weighted by Crippen LogP contribution is 2.08. The van der Waals surface area contributed by atoms with Crippen LogP contribution in [0.3, 0.4) is 0 Å². The quantitative estimate of drug-likeness (QED) is 0.772. The van der Waals surface area contributed by atoms with Crippen molar-refractivity contribution in [1.29, 1.82) is 0 Å². The second kappa shape index (κ2) is 3.17. The molecular weight excluding hydrogens is 208 g/mol. The van der Waals surface area contributed by atoms with Gasteiger partial charge < -0.3 is 4.98 Å². The fourth-order valence-corrected chi connectivity index (χ4v) is 1.33. The molecule has 1 heterocycles. The molecule has 0 bridgehead atoms. The highest BCUT2D eigenvalue weighted by Gasteiger charge is 2.03. The Morgan fingerprint density at radius 3 is 2.82 bits per heavy atom. The normalized spacial score (nSPS) is 10.1. The van der Waals surface area contributed by atoms with Gasteiger partial charge in [0.15, 0.2) is 0 Å². The first-order valence-corrected chi connectivity index (χ1v) is 4.19. The Hall–Kier alpha value is -0.640. The van der Waals surface area contributed by atoms with Crippen molar-refractivity contribution in [2.24, 2.45) is 0 Å². The summed E-state index contributed by atoms with van der Waals surface area (Å²) in [5, 5.41) is 0. The van der Waals surface area contributed by atoms with Gasteiger partial charge in [0.25, 0.3) is 5.56 Å². The van der Waals surface area contributed by atoms with Gasteiger partial charge in [0, 0.05) is 0 Å². The molecule has 0 radical (unpaired) electrons. The van der Waals surface area contributed by atoms with E-state index in [0.717, 1.165) is 12.1 Å². The van der Waals surface area contributed by atoms with Gasteiger partial charge in [-0.1, -0.05) is 6.92 Å². The van der Waals surface area contributed by atoms with Crippen molar-refractivity contribution in [1.82, 2.24) is 9.97 Å². The summed E-state index contributed by atoms with van der Waals surface area (Å²) in [7, 11) is 0. The number of aryl methyl sites for hydroxylation is 2. The third-order valence-corrected chi connectivity index (χ3v) is 2.20. The molecule has 0 aliphatic carbocycles. The Bertz CT molecular complexity index is 319. The summed E-state index contributed by atoms with van der Waals surface area (Å²) in [5.41, 5.74) is 0.709. The first-order chi connectivity index (χ1) is 5.15. The number of aromatic nitrogens is 2. The number of hydrogen-bond donors (Lipinski definition) is 1. The van der Waals surface area contributed by atoms with E-state index in [1.807, 2.05) is 6.92 Å². The summed E-state index contributed by atoms with van der Waals surface area (Å²) in [6, 6.07) is 0. The maximum Gasteiger partial charge on any atom is 0.265 e. The summed E-state index contributed by atoms with van der Waals surface area (Å²) in [4.78, 5) is 17.8. The fourth-order valence-electron chi connectivity index (χ4n) is 0.864. The fraction of sp³-hybridized carbons (Fsp3) is 0.429. The highest BCUT2D eigenvalue weighted by atomic mass is 79.9. The lowest BCUT2D eigenvalue weighted by atomic mass is 10.3. The van der Waals surface area contributed by atoms with Gasteiger partial charge in [0.2, 0.25) is 0 Å². The molecular formula is C7H9BrN2O. The third kappa shape index (κ3) is 1.68. The summed E-state index contributed by atoms with van der Waals surface area (Å²) in [6.45, 7) is 3.74. The zero-order valence-electron chi connectivity index (χ0n) is 6.44. The van der Waals surface area contributed by atoms with Crippen LogP contribution >= 0.6 is 15.9 Å². The van der Waals surface area contributed by atoms with Gasteiger partial charge in [0.1, 0.15) is 10.3 Å². The minimum atomic E-state index is -0.102. The summed E-state index contributed by atoms with van der Waals surface area (Å²) < 4.78 is 0.547. The van der Waals surface area contributed by atoms with Crippen molar-refractivity contribution in [3.05, 3.63) is 26.3 Å². The van der Waals surface area contributed by atoms with Crippen molar-refractivity contribution >= 4 is 15.9 Å². The lowest BCUT2D eigenvalue weighted by molar-refractivity contribution is 0.915. The molecule has 1 aromatic heterocycles. The summed E-state index contributed by atoms with van der Waals surface area (Å²) in [5.74, 6) is 0.662. The highest BCUT2D eigenvalue weighted by molar-refractivity contribution is 9.10. The van der Waals surface area contributed by atoms with Gasteiger partial charge in [-0.25, -0.2) is 4.98 Å². The summed E-state index contributed by atoms with van der Waals surface area (Å²) in [6.07, 6.45) is 0.769. The molecule has 1 aromatic rings. The molecule has 4 heteroatoms. The zero-order valence-corrected chi connectivity index (χ0v) is 8.03. The number of halogens is 1. The van der Waals surface area contributed by atoms with Crippen molar-refractivity contribution in [2.45, 2.75) is 20.3 Å². The molecule has 0 saturated heterocycles. The molecule has 60 valence electrons. The molecule has 1 rings (SSSR count). The Morgan fingerprint density at radius 1 is 1.64 bits per heavy atom. The molecule has 0 aromatic carbocycles. The largest absolute Gasteiger partial charge is 0.310 e. The molecule has 0 unspecified atom stereocenters. The molecule has 0 aliphatic heterocycles. The van der Waals surface area contributed by atoms with Gasteiger partial charge in [-0.05, 0) is 29.3 Å². The maximum atomic E-state index is 11.1. The van der Waals surface area contributed by atoms with E-state index in [1.54, 1.807) is 6.92 Å². The van der Waals surface area contributed by atoms with Crippen LogP contribution in [0, 0.1) is 6.92 Å². The van der Waals surface area contributed by atoms with Crippen LogP contribution in [0.5, 0.6) is 0 Å². The van der Waals surface area contributed by atoms with Crippen LogP contribution in [-0.2, 0) is 6.42 Å². The molecule has 0 saturated carbocycles. The van der Waals surface area contributed by atoms with Crippen molar-refractivity contribution in [2.75, 3.05) is 0 Å². The average Bonchev–Trinajstić information content (AvgIpc) is 1.96. The topological polar surface area (TPSA) is 45.8 Å².